The van der Waals surface area contributed by atoms with Crippen molar-refractivity contribution in [2.24, 2.45) is 5.10 Å². The molecule has 8 nitrogen and oxygen atoms in total. The monoisotopic (exact) mass is 436 g/mol. The second kappa shape index (κ2) is 8.08. The third-order valence-corrected chi connectivity index (χ3v) is 5.18. The maximum Gasteiger partial charge on any atom is 0.307 e. The summed E-state index contributed by atoms with van der Waals surface area (Å²) >= 11 is 6.05. The molecule has 2 heterocycles. The van der Waals surface area contributed by atoms with Crippen LogP contribution in [-0.2, 0) is 0 Å². The zero-order valence-electron chi connectivity index (χ0n) is 16.6. The minimum absolute atomic E-state index is 0.0586. The third-order valence-electron chi connectivity index (χ3n) is 4.88. The van der Waals surface area contributed by atoms with E-state index >= 15 is 0 Å². The van der Waals surface area contributed by atoms with Crippen molar-refractivity contribution in [2.75, 3.05) is 0 Å². The second-order valence-electron chi connectivity index (χ2n) is 6.90. The Morgan fingerprint density at radius 2 is 1.97 bits per heavy atom. The van der Waals surface area contributed by atoms with E-state index in [1.165, 1.54) is 12.3 Å². The van der Waals surface area contributed by atoms with Crippen molar-refractivity contribution >= 4 is 40.4 Å². The van der Waals surface area contributed by atoms with E-state index in [0.29, 0.717) is 11.3 Å². The van der Waals surface area contributed by atoms with Crippen molar-refractivity contribution in [3.05, 3.63) is 92.4 Å². The van der Waals surface area contributed by atoms with Crippen molar-refractivity contribution in [3.8, 4) is 5.69 Å². The Hall–Kier alpha value is -3.91. The molecular formula is C22H17ClN4O4. The summed E-state index contributed by atoms with van der Waals surface area (Å²) in [4.78, 5) is 22.8. The fraction of sp³-hybridized carbons (Fsp3) is 0.0909. The van der Waals surface area contributed by atoms with E-state index in [2.05, 4.69) is 10.5 Å². The van der Waals surface area contributed by atoms with E-state index in [1.54, 1.807) is 24.3 Å². The Bertz CT molecular complexity index is 1320. The molecule has 0 radical (unpaired) electrons. The summed E-state index contributed by atoms with van der Waals surface area (Å²) in [5, 5.41) is 15.9. The van der Waals surface area contributed by atoms with Gasteiger partial charge in [0, 0.05) is 34.1 Å². The molecular weight excluding hydrogens is 420 g/mol. The number of carbonyl (C=O) groups excluding carboxylic acids is 1. The van der Waals surface area contributed by atoms with Gasteiger partial charge in [0.05, 0.1) is 11.1 Å². The molecule has 31 heavy (non-hydrogen) atoms. The molecule has 0 saturated carbocycles. The summed E-state index contributed by atoms with van der Waals surface area (Å²) in [5.74, 6) is -0.284. The lowest BCUT2D eigenvalue weighted by Crippen LogP contribution is -2.16. The van der Waals surface area contributed by atoms with Crippen LogP contribution in [0, 0.1) is 24.0 Å². The van der Waals surface area contributed by atoms with Crippen molar-refractivity contribution < 1.29 is 14.1 Å². The summed E-state index contributed by atoms with van der Waals surface area (Å²) in [6.45, 7) is 3.78. The van der Waals surface area contributed by atoms with Gasteiger partial charge in [-0.25, -0.2) is 5.43 Å². The number of halogens is 1. The zero-order valence-corrected chi connectivity index (χ0v) is 17.4. The Balaban J connectivity index is 1.54. The molecule has 0 fully saturated rings. The number of aryl methyl sites for hydroxylation is 1. The Morgan fingerprint density at radius 1 is 1.19 bits per heavy atom. The number of nitro benzene ring substituents is 1. The zero-order chi connectivity index (χ0) is 22.1. The van der Waals surface area contributed by atoms with Crippen LogP contribution in [0.1, 0.15) is 27.5 Å². The number of nitrogens with one attached hydrogen (secondary N) is 1. The number of amides is 1. The number of para-hydroxylation sites is 1. The number of benzene rings is 2. The maximum atomic E-state index is 12.3. The molecule has 156 valence electrons. The molecule has 9 heteroatoms. The van der Waals surface area contributed by atoms with Gasteiger partial charge in [0.1, 0.15) is 10.6 Å². The summed E-state index contributed by atoms with van der Waals surface area (Å²) in [7, 11) is 0. The van der Waals surface area contributed by atoms with Crippen LogP contribution >= 0.6 is 11.6 Å². The number of hydrogen-bond acceptors (Lipinski definition) is 5. The van der Waals surface area contributed by atoms with Gasteiger partial charge in [-0.3, -0.25) is 14.9 Å². The number of fused-ring (bicyclic) bond motifs is 1. The fourth-order valence-corrected chi connectivity index (χ4v) is 3.65. The van der Waals surface area contributed by atoms with E-state index in [9.17, 15) is 14.9 Å². The van der Waals surface area contributed by atoms with Crippen molar-refractivity contribution in [3.63, 3.8) is 0 Å². The largest absolute Gasteiger partial charge is 0.451 e. The van der Waals surface area contributed by atoms with Crippen LogP contribution in [0.25, 0.3) is 16.7 Å². The van der Waals surface area contributed by atoms with Crippen LogP contribution in [0.3, 0.4) is 0 Å². The lowest BCUT2D eigenvalue weighted by molar-refractivity contribution is -0.384. The number of nitro groups is 1. The van der Waals surface area contributed by atoms with Crippen LogP contribution < -0.4 is 5.43 Å². The number of nitrogens with zero attached hydrogens (tertiary/aromatic N) is 3. The van der Waals surface area contributed by atoms with Crippen molar-refractivity contribution in [2.45, 2.75) is 13.8 Å². The quantitative estimate of drug-likeness (QED) is 0.265. The molecule has 0 atom stereocenters. The van der Waals surface area contributed by atoms with Gasteiger partial charge in [-0.2, -0.15) is 5.10 Å². The van der Waals surface area contributed by atoms with Crippen LogP contribution in [0.4, 0.5) is 5.69 Å². The predicted octanol–water partition coefficient (Wildman–Crippen LogP) is 5.17. The van der Waals surface area contributed by atoms with Crippen LogP contribution in [0.5, 0.6) is 0 Å². The highest BCUT2D eigenvalue weighted by Crippen LogP contribution is 2.29. The molecule has 4 rings (SSSR count). The van der Waals surface area contributed by atoms with Crippen molar-refractivity contribution in [1.29, 1.82) is 0 Å². The Morgan fingerprint density at radius 3 is 2.68 bits per heavy atom. The lowest BCUT2D eigenvalue weighted by Gasteiger charge is -2.10. The van der Waals surface area contributed by atoms with E-state index in [0.717, 1.165) is 22.3 Å². The van der Waals surface area contributed by atoms with Gasteiger partial charge in [0.25, 0.3) is 5.69 Å². The van der Waals surface area contributed by atoms with E-state index in [1.807, 2.05) is 42.7 Å². The summed E-state index contributed by atoms with van der Waals surface area (Å²) in [6.07, 6.45) is 1.53. The van der Waals surface area contributed by atoms with Crippen LogP contribution in [-0.4, -0.2) is 21.6 Å². The molecule has 2 aromatic carbocycles. The molecule has 0 aliphatic carbocycles. The van der Waals surface area contributed by atoms with E-state index in [-0.39, 0.29) is 16.5 Å². The minimum Gasteiger partial charge on any atom is -0.451 e. The fourth-order valence-electron chi connectivity index (χ4n) is 3.41. The number of hydrazone groups is 1. The minimum atomic E-state index is -0.524. The molecule has 0 aliphatic rings. The maximum absolute atomic E-state index is 12.3. The molecule has 1 amide bonds. The number of aromatic nitrogens is 1. The van der Waals surface area contributed by atoms with E-state index < -0.39 is 10.8 Å². The molecule has 0 aliphatic heterocycles. The highest BCUT2D eigenvalue weighted by molar-refractivity contribution is 6.32. The number of hydrogen-bond donors (Lipinski definition) is 1. The average molecular weight is 437 g/mol. The van der Waals surface area contributed by atoms with Gasteiger partial charge >= 0.3 is 5.91 Å². The first-order valence-electron chi connectivity index (χ1n) is 9.30. The van der Waals surface area contributed by atoms with E-state index in [4.69, 9.17) is 16.0 Å². The predicted molar refractivity (Wildman–Crippen MR) is 118 cm³/mol. The third kappa shape index (κ3) is 3.93. The van der Waals surface area contributed by atoms with Gasteiger partial charge < -0.3 is 8.98 Å². The molecule has 0 unspecified atom stereocenters. The molecule has 0 bridgehead atoms. The lowest BCUT2D eigenvalue weighted by atomic mass is 10.2. The standard InChI is InChI=1S/C22H17ClN4O4/c1-13-9-16(14(2)26(13)17-7-8-19(27(29)30)18(23)11-17)12-24-25-22(28)21-10-15-5-3-4-6-20(15)31-21/h3-12H,1-2H3,(H,25,28)/b24-12+. The van der Waals surface area contributed by atoms with Gasteiger partial charge in [0.15, 0.2) is 5.76 Å². The Labute approximate surface area is 181 Å². The summed E-state index contributed by atoms with van der Waals surface area (Å²) in [6, 6.07) is 15.4. The molecule has 4 aromatic rings. The van der Waals surface area contributed by atoms with Gasteiger partial charge in [-0.05, 0) is 44.2 Å². The second-order valence-corrected chi connectivity index (χ2v) is 7.31. The SMILES string of the molecule is Cc1cc(/C=N/NC(=O)c2cc3ccccc3o2)c(C)n1-c1ccc([N+](=O)[O-])c(Cl)c1. The highest BCUT2D eigenvalue weighted by atomic mass is 35.5. The summed E-state index contributed by atoms with van der Waals surface area (Å²) in [5.41, 5.74) is 6.13. The van der Waals surface area contributed by atoms with Gasteiger partial charge in [0.2, 0.25) is 0 Å². The van der Waals surface area contributed by atoms with Gasteiger partial charge in [-0.15, -0.1) is 0 Å². The van der Waals surface area contributed by atoms with Crippen LogP contribution in [0.15, 0.2) is 64.1 Å². The molecule has 0 spiro atoms. The van der Waals surface area contributed by atoms with Gasteiger partial charge in [-0.1, -0.05) is 29.8 Å². The number of rotatable bonds is 5. The first-order valence-corrected chi connectivity index (χ1v) is 9.68. The molecule has 0 saturated heterocycles. The Kier molecular flexibility index (Phi) is 5.31. The van der Waals surface area contributed by atoms with Crippen molar-refractivity contribution in [1.82, 2.24) is 9.99 Å². The number of furan rings is 1. The molecule has 2 aromatic heterocycles. The first-order chi connectivity index (χ1) is 14.8. The summed E-state index contributed by atoms with van der Waals surface area (Å²) < 4.78 is 7.43. The smallest absolute Gasteiger partial charge is 0.307 e. The average Bonchev–Trinajstić information content (AvgIpc) is 3.28. The first kappa shape index (κ1) is 20.4. The highest BCUT2D eigenvalue weighted by Gasteiger charge is 2.16. The normalized spacial score (nSPS) is 11.3. The number of carbonyl (C=O) groups is 1. The topological polar surface area (TPSA) is 103 Å². The van der Waals surface area contributed by atoms with Crippen LogP contribution in [0.2, 0.25) is 5.02 Å². The molecule has 1 N–H and O–H groups in total.